The maximum Gasteiger partial charge on any atom is 0.251 e. The van der Waals surface area contributed by atoms with Crippen molar-refractivity contribution in [1.82, 2.24) is 5.32 Å². The van der Waals surface area contributed by atoms with Gasteiger partial charge in [-0.05, 0) is 49.9 Å². The van der Waals surface area contributed by atoms with Gasteiger partial charge in [-0.2, -0.15) is 0 Å². The second-order valence-corrected chi connectivity index (χ2v) is 5.38. The monoisotopic (exact) mass is 276 g/mol. The highest BCUT2D eigenvalue weighted by Crippen LogP contribution is 2.23. The molecule has 2 rings (SSSR count). The van der Waals surface area contributed by atoms with Crippen LogP contribution in [0.1, 0.15) is 42.1 Å². The molecule has 1 aliphatic heterocycles. The van der Waals surface area contributed by atoms with Crippen molar-refractivity contribution in [1.29, 1.82) is 0 Å². The van der Waals surface area contributed by atoms with Crippen molar-refractivity contribution in [2.45, 2.75) is 45.3 Å². The third-order valence-corrected chi connectivity index (χ3v) is 3.90. The molecule has 2 unspecified atom stereocenters. The Bertz CT molecular complexity index is 474. The number of benzene rings is 1. The molecule has 1 aromatic carbocycles. The highest BCUT2D eigenvalue weighted by atomic mass is 16.5. The molecule has 4 nitrogen and oxygen atoms in total. The first-order chi connectivity index (χ1) is 9.63. The summed E-state index contributed by atoms with van der Waals surface area (Å²) in [4.78, 5) is 11.6. The van der Waals surface area contributed by atoms with E-state index in [4.69, 9.17) is 4.74 Å². The Balaban J connectivity index is 2.04. The van der Waals surface area contributed by atoms with Gasteiger partial charge >= 0.3 is 0 Å². The fourth-order valence-electron chi connectivity index (χ4n) is 2.63. The summed E-state index contributed by atoms with van der Waals surface area (Å²) >= 11 is 0. The van der Waals surface area contributed by atoms with E-state index < -0.39 is 0 Å². The van der Waals surface area contributed by atoms with Gasteiger partial charge in [-0.15, -0.1) is 0 Å². The zero-order chi connectivity index (χ0) is 14.5. The summed E-state index contributed by atoms with van der Waals surface area (Å²) in [5.74, 6) is -0.0447. The Labute approximate surface area is 120 Å². The summed E-state index contributed by atoms with van der Waals surface area (Å²) in [5, 5.41) is 6.23. The van der Waals surface area contributed by atoms with Crippen molar-refractivity contribution in [2.75, 3.05) is 19.0 Å². The Hall–Kier alpha value is -1.55. The van der Waals surface area contributed by atoms with Crippen LogP contribution >= 0.6 is 0 Å². The molecule has 0 aliphatic carbocycles. The molecular formula is C16H24N2O2. The highest BCUT2D eigenvalue weighted by Gasteiger charge is 2.21. The quantitative estimate of drug-likeness (QED) is 0.889. The van der Waals surface area contributed by atoms with Crippen LogP contribution in [0.25, 0.3) is 0 Å². The molecule has 2 N–H and O–H groups in total. The summed E-state index contributed by atoms with van der Waals surface area (Å²) in [5.41, 5.74) is 2.92. The summed E-state index contributed by atoms with van der Waals surface area (Å²) in [6.45, 7) is 5.02. The smallest absolute Gasteiger partial charge is 0.251 e. The number of ether oxygens (including phenoxy) is 1. The SMILES string of the molecule is CCC1CC(Nc2ccc(C(=O)NC)cc2C)CCO1. The number of carbonyl (C=O) groups is 1. The number of nitrogens with one attached hydrogen (secondary N) is 2. The third-order valence-electron chi connectivity index (χ3n) is 3.90. The zero-order valence-corrected chi connectivity index (χ0v) is 12.5. The van der Waals surface area contributed by atoms with Crippen LogP contribution in [0.5, 0.6) is 0 Å². The number of anilines is 1. The first-order valence-electron chi connectivity index (χ1n) is 7.35. The Morgan fingerprint density at radius 3 is 2.90 bits per heavy atom. The maximum atomic E-state index is 11.6. The van der Waals surface area contributed by atoms with Crippen LogP contribution in [0.4, 0.5) is 5.69 Å². The second-order valence-electron chi connectivity index (χ2n) is 5.38. The minimum atomic E-state index is -0.0447. The van der Waals surface area contributed by atoms with Crippen molar-refractivity contribution in [3.63, 3.8) is 0 Å². The van der Waals surface area contributed by atoms with E-state index in [1.54, 1.807) is 7.05 Å². The van der Waals surface area contributed by atoms with Crippen LogP contribution in [-0.2, 0) is 4.74 Å². The fraction of sp³-hybridized carbons (Fsp3) is 0.562. The minimum Gasteiger partial charge on any atom is -0.382 e. The standard InChI is InChI=1S/C16H24N2O2/c1-4-14-10-13(7-8-20-14)18-15-6-5-12(9-11(15)2)16(19)17-3/h5-6,9,13-14,18H,4,7-8,10H2,1-3H3,(H,17,19). The molecule has 0 saturated carbocycles. The Morgan fingerprint density at radius 1 is 1.45 bits per heavy atom. The lowest BCUT2D eigenvalue weighted by Gasteiger charge is -2.30. The van der Waals surface area contributed by atoms with Gasteiger partial charge in [0.05, 0.1) is 6.10 Å². The molecule has 0 aromatic heterocycles. The maximum absolute atomic E-state index is 11.6. The molecule has 4 heteroatoms. The van der Waals surface area contributed by atoms with E-state index in [1.165, 1.54) is 0 Å². The van der Waals surface area contributed by atoms with E-state index in [0.717, 1.165) is 37.1 Å². The third kappa shape index (κ3) is 3.51. The lowest BCUT2D eigenvalue weighted by Crippen LogP contribution is -2.33. The first-order valence-corrected chi connectivity index (χ1v) is 7.35. The van der Waals surface area contributed by atoms with Gasteiger partial charge in [-0.3, -0.25) is 4.79 Å². The van der Waals surface area contributed by atoms with Crippen LogP contribution < -0.4 is 10.6 Å². The van der Waals surface area contributed by atoms with Gasteiger partial charge in [0.15, 0.2) is 0 Å². The molecule has 0 bridgehead atoms. The molecule has 0 radical (unpaired) electrons. The Morgan fingerprint density at radius 2 is 2.25 bits per heavy atom. The van der Waals surface area contributed by atoms with E-state index in [2.05, 4.69) is 17.6 Å². The van der Waals surface area contributed by atoms with E-state index in [9.17, 15) is 4.79 Å². The fourth-order valence-corrected chi connectivity index (χ4v) is 2.63. The summed E-state index contributed by atoms with van der Waals surface area (Å²) in [7, 11) is 1.65. The number of amides is 1. The van der Waals surface area contributed by atoms with E-state index >= 15 is 0 Å². The van der Waals surface area contributed by atoms with Gasteiger partial charge in [-0.1, -0.05) is 6.92 Å². The topological polar surface area (TPSA) is 50.4 Å². The molecule has 0 spiro atoms. The molecule has 1 heterocycles. The molecule has 1 aliphatic rings. The van der Waals surface area contributed by atoms with Crippen LogP contribution in [0, 0.1) is 6.92 Å². The van der Waals surface area contributed by atoms with Gasteiger partial charge < -0.3 is 15.4 Å². The van der Waals surface area contributed by atoms with Gasteiger partial charge in [0.2, 0.25) is 0 Å². The van der Waals surface area contributed by atoms with Crippen molar-refractivity contribution in [2.24, 2.45) is 0 Å². The molecule has 1 saturated heterocycles. The molecule has 110 valence electrons. The van der Waals surface area contributed by atoms with Crippen molar-refractivity contribution in [3.05, 3.63) is 29.3 Å². The molecule has 1 aromatic rings. The molecule has 1 amide bonds. The lowest BCUT2D eigenvalue weighted by atomic mass is 10.0. The van der Waals surface area contributed by atoms with Crippen LogP contribution in [-0.4, -0.2) is 31.7 Å². The van der Waals surface area contributed by atoms with Crippen LogP contribution in [0.15, 0.2) is 18.2 Å². The van der Waals surface area contributed by atoms with E-state index in [1.807, 2.05) is 25.1 Å². The van der Waals surface area contributed by atoms with Gasteiger partial charge in [0, 0.05) is 30.9 Å². The predicted octanol–water partition coefficient (Wildman–Crippen LogP) is 2.72. The first kappa shape index (κ1) is 14.9. The normalized spacial score (nSPS) is 22.4. The summed E-state index contributed by atoms with van der Waals surface area (Å²) < 4.78 is 5.70. The Kier molecular flexibility index (Phi) is 5.01. The minimum absolute atomic E-state index is 0.0447. The van der Waals surface area contributed by atoms with Crippen molar-refractivity contribution in [3.8, 4) is 0 Å². The molecular weight excluding hydrogens is 252 g/mol. The molecule has 2 atom stereocenters. The number of hydrogen-bond acceptors (Lipinski definition) is 3. The summed E-state index contributed by atoms with van der Waals surface area (Å²) in [6, 6.07) is 6.25. The predicted molar refractivity (Wildman–Crippen MR) is 81.2 cm³/mol. The lowest BCUT2D eigenvalue weighted by molar-refractivity contribution is 0.00925. The number of hydrogen-bond donors (Lipinski definition) is 2. The summed E-state index contributed by atoms with van der Waals surface area (Å²) in [6.07, 6.45) is 3.51. The molecule has 20 heavy (non-hydrogen) atoms. The van der Waals surface area contributed by atoms with Crippen LogP contribution in [0.2, 0.25) is 0 Å². The number of aryl methyl sites for hydroxylation is 1. The van der Waals surface area contributed by atoms with Crippen LogP contribution in [0.3, 0.4) is 0 Å². The largest absolute Gasteiger partial charge is 0.382 e. The van der Waals surface area contributed by atoms with Crippen molar-refractivity contribution >= 4 is 11.6 Å². The van der Waals surface area contributed by atoms with Crippen molar-refractivity contribution < 1.29 is 9.53 Å². The number of carbonyl (C=O) groups excluding carboxylic acids is 1. The second kappa shape index (κ2) is 6.75. The number of rotatable bonds is 4. The van der Waals surface area contributed by atoms with Gasteiger partial charge in [-0.25, -0.2) is 0 Å². The highest BCUT2D eigenvalue weighted by molar-refractivity contribution is 5.94. The average Bonchev–Trinajstić information content (AvgIpc) is 2.48. The van der Waals surface area contributed by atoms with E-state index in [-0.39, 0.29) is 5.91 Å². The zero-order valence-electron chi connectivity index (χ0n) is 12.5. The molecule has 1 fully saturated rings. The van der Waals surface area contributed by atoms with Gasteiger partial charge in [0.1, 0.15) is 0 Å². The van der Waals surface area contributed by atoms with E-state index in [0.29, 0.717) is 17.7 Å². The average molecular weight is 276 g/mol. The van der Waals surface area contributed by atoms with Gasteiger partial charge in [0.25, 0.3) is 5.91 Å².